The molecule has 0 aliphatic carbocycles. The van der Waals surface area contributed by atoms with Gasteiger partial charge in [0.25, 0.3) is 0 Å². The minimum atomic E-state index is -0.0466. The summed E-state index contributed by atoms with van der Waals surface area (Å²) in [6.45, 7) is 3.32. The molecule has 1 fully saturated rings. The van der Waals surface area contributed by atoms with Crippen LogP contribution >= 0.6 is 0 Å². The SMILES string of the molecule is CCc1ccccc1CN1CCC(=O)NCC1=O. The summed E-state index contributed by atoms with van der Waals surface area (Å²) in [6, 6.07) is 8.13. The van der Waals surface area contributed by atoms with Gasteiger partial charge < -0.3 is 10.2 Å². The van der Waals surface area contributed by atoms with E-state index in [1.807, 2.05) is 18.2 Å². The summed E-state index contributed by atoms with van der Waals surface area (Å²) in [5.74, 6) is -0.0543. The van der Waals surface area contributed by atoms with Crippen molar-refractivity contribution in [2.75, 3.05) is 13.1 Å². The van der Waals surface area contributed by atoms with E-state index in [1.54, 1.807) is 4.90 Å². The minimum absolute atomic E-state index is 0.00763. The Balaban J connectivity index is 2.12. The molecule has 0 radical (unpaired) electrons. The topological polar surface area (TPSA) is 49.4 Å². The third kappa shape index (κ3) is 2.88. The molecule has 1 aliphatic heterocycles. The number of aryl methyl sites for hydroxylation is 1. The van der Waals surface area contributed by atoms with Crippen molar-refractivity contribution in [2.45, 2.75) is 26.3 Å². The Hall–Kier alpha value is -1.84. The van der Waals surface area contributed by atoms with Crippen LogP contribution in [-0.2, 0) is 22.6 Å². The standard InChI is InChI=1S/C14H18N2O2/c1-2-11-5-3-4-6-12(11)10-16-8-7-13(17)15-9-14(16)18/h3-6H,2,7-10H2,1H3,(H,15,17). The van der Waals surface area contributed by atoms with Crippen LogP contribution in [0.15, 0.2) is 24.3 Å². The Labute approximate surface area is 107 Å². The van der Waals surface area contributed by atoms with Gasteiger partial charge in [0.2, 0.25) is 11.8 Å². The van der Waals surface area contributed by atoms with Crippen molar-refractivity contribution in [1.29, 1.82) is 0 Å². The van der Waals surface area contributed by atoms with E-state index in [-0.39, 0.29) is 18.4 Å². The zero-order valence-corrected chi connectivity index (χ0v) is 10.6. The van der Waals surface area contributed by atoms with Gasteiger partial charge in [-0.3, -0.25) is 9.59 Å². The fraction of sp³-hybridized carbons (Fsp3) is 0.429. The average molecular weight is 246 g/mol. The van der Waals surface area contributed by atoms with Crippen molar-refractivity contribution in [3.05, 3.63) is 35.4 Å². The summed E-state index contributed by atoms with van der Waals surface area (Å²) >= 11 is 0. The van der Waals surface area contributed by atoms with Crippen LogP contribution in [-0.4, -0.2) is 29.8 Å². The van der Waals surface area contributed by atoms with E-state index in [0.717, 1.165) is 6.42 Å². The monoisotopic (exact) mass is 246 g/mol. The predicted molar refractivity (Wildman–Crippen MR) is 68.9 cm³/mol. The average Bonchev–Trinajstić information content (AvgIpc) is 2.55. The van der Waals surface area contributed by atoms with Gasteiger partial charge in [-0.15, -0.1) is 0 Å². The van der Waals surface area contributed by atoms with E-state index >= 15 is 0 Å². The molecule has 2 amide bonds. The van der Waals surface area contributed by atoms with E-state index < -0.39 is 0 Å². The second kappa shape index (κ2) is 5.67. The smallest absolute Gasteiger partial charge is 0.242 e. The number of carbonyl (C=O) groups is 2. The first-order valence-electron chi connectivity index (χ1n) is 6.32. The lowest BCUT2D eigenvalue weighted by molar-refractivity contribution is -0.130. The molecule has 1 aliphatic rings. The summed E-state index contributed by atoms with van der Waals surface area (Å²) in [4.78, 5) is 24.9. The van der Waals surface area contributed by atoms with Gasteiger partial charge in [-0.25, -0.2) is 0 Å². The van der Waals surface area contributed by atoms with Crippen LogP contribution in [0, 0.1) is 0 Å². The van der Waals surface area contributed by atoms with Crippen molar-refractivity contribution in [1.82, 2.24) is 10.2 Å². The van der Waals surface area contributed by atoms with Crippen LogP contribution in [0.1, 0.15) is 24.5 Å². The largest absolute Gasteiger partial charge is 0.347 e. The predicted octanol–water partition coefficient (Wildman–Crippen LogP) is 1.10. The summed E-state index contributed by atoms with van der Waals surface area (Å²) in [6.07, 6.45) is 1.34. The van der Waals surface area contributed by atoms with Gasteiger partial charge in [-0.1, -0.05) is 31.2 Å². The van der Waals surface area contributed by atoms with Crippen LogP contribution in [0.25, 0.3) is 0 Å². The number of carbonyl (C=O) groups excluding carboxylic acids is 2. The molecule has 96 valence electrons. The highest BCUT2D eigenvalue weighted by molar-refractivity contribution is 5.87. The van der Waals surface area contributed by atoms with Crippen molar-refractivity contribution in [3.63, 3.8) is 0 Å². The van der Waals surface area contributed by atoms with Crippen LogP contribution < -0.4 is 5.32 Å². The number of nitrogens with one attached hydrogen (secondary N) is 1. The van der Waals surface area contributed by atoms with Gasteiger partial charge in [0.05, 0.1) is 6.54 Å². The van der Waals surface area contributed by atoms with E-state index in [9.17, 15) is 9.59 Å². The third-order valence-corrected chi connectivity index (χ3v) is 3.26. The normalized spacial score (nSPS) is 16.4. The van der Waals surface area contributed by atoms with Crippen LogP contribution in [0.5, 0.6) is 0 Å². The first kappa shape index (κ1) is 12.6. The van der Waals surface area contributed by atoms with E-state index in [4.69, 9.17) is 0 Å². The maximum absolute atomic E-state index is 11.9. The molecule has 0 atom stereocenters. The molecule has 1 saturated heterocycles. The van der Waals surface area contributed by atoms with Gasteiger partial charge >= 0.3 is 0 Å². The summed E-state index contributed by atoms with van der Waals surface area (Å²) in [5.41, 5.74) is 2.43. The van der Waals surface area contributed by atoms with Crippen molar-refractivity contribution in [3.8, 4) is 0 Å². The van der Waals surface area contributed by atoms with Crippen molar-refractivity contribution < 1.29 is 9.59 Å². The Morgan fingerprint density at radius 1 is 1.22 bits per heavy atom. The summed E-state index contributed by atoms with van der Waals surface area (Å²) in [5, 5.41) is 2.61. The first-order chi connectivity index (χ1) is 8.70. The third-order valence-electron chi connectivity index (χ3n) is 3.26. The molecule has 0 saturated carbocycles. The highest BCUT2D eigenvalue weighted by Gasteiger charge is 2.20. The molecule has 4 heteroatoms. The number of nitrogens with zero attached hydrogens (tertiary/aromatic N) is 1. The Kier molecular flexibility index (Phi) is 3.97. The minimum Gasteiger partial charge on any atom is -0.347 e. The molecule has 0 unspecified atom stereocenters. The second-order valence-electron chi connectivity index (χ2n) is 4.46. The molecule has 18 heavy (non-hydrogen) atoms. The molecule has 0 bridgehead atoms. The zero-order chi connectivity index (χ0) is 13.0. The Bertz CT molecular complexity index is 457. The molecule has 1 N–H and O–H groups in total. The van der Waals surface area contributed by atoms with Gasteiger partial charge in [0, 0.05) is 19.5 Å². The van der Waals surface area contributed by atoms with Crippen LogP contribution in [0.3, 0.4) is 0 Å². The lowest BCUT2D eigenvalue weighted by atomic mass is 10.0. The molecular formula is C14H18N2O2. The Morgan fingerprint density at radius 3 is 2.67 bits per heavy atom. The quantitative estimate of drug-likeness (QED) is 0.868. The maximum atomic E-state index is 11.9. The van der Waals surface area contributed by atoms with E-state index in [0.29, 0.717) is 19.5 Å². The summed E-state index contributed by atoms with van der Waals surface area (Å²) < 4.78 is 0. The number of amides is 2. The molecule has 1 aromatic carbocycles. The second-order valence-corrected chi connectivity index (χ2v) is 4.46. The Morgan fingerprint density at radius 2 is 1.94 bits per heavy atom. The number of hydrogen-bond donors (Lipinski definition) is 1. The van der Waals surface area contributed by atoms with E-state index in [1.165, 1.54) is 11.1 Å². The van der Waals surface area contributed by atoms with Gasteiger partial charge in [0.1, 0.15) is 0 Å². The molecule has 2 rings (SSSR count). The van der Waals surface area contributed by atoms with Gasteiger partial charge in [-0.2, -0.15) is 0 Å². The lowest BCUT2D eigenvalue weighted by Gasteiger charge is -2.21. The number of benzene rings is 1. The number of rotatable bonds is 3. The number of hydrogen-bond acceptors (Lipinski definition) is 2. The molecule has 0 spiro atoms. The molecule has 1 aromatic rings. The fourth-order valence-corrected chi connectivity index (χ4v) is 2.17. The highest BCUT2D eigenvalue weighted by Crippen LogP contribution is 2.13. The van der Waals surface area contributed by atoms with Gasteiger partial charge in [0.15, 0.2) is 0 Å². The molecule has 1 heterocycles. The maximum Gasteiger partial charge on any atom is 0.242 e. The van der Waals surface area contributed by atoms with Gasteiger partial charge in [-0.05, 0) is 17.5 Å². The first-order valence-corrected chi connectivity index (χ1v) is 6.32. The molecular weight excluding hydrogens is 228 g/mol. The van der Waals surface area contributed by atoms with E-state index in [2.05, 4.69) is 18.3 Å². The fourth-order valence-electron chi connectivity index (χ4n) is 2.17. The van der Waals surface area contributed by atoms with Crippen LogP contribution in [0.4, 0.5) is 0 Å². The molecule has 4 nitrogen and oxygen atoms in total. The lowest BCUT2D eigenvalue weighted by Crippen LogP contribution is -2.34. The highest BCUT2D eigenvalue weighted by atomic mass is 16.2. The molecule has 0 aromatic heterocycles. The van der Waals surface area contributed by atoms with Crippen molar-refractivity contribution >= 4 is 11.8 Å². The van der Waals surface area contributed by atoms with Crippen molar-refractivity contribution in [2.24, 2.45) is 0 Å². The van der Waals surface area contributed by atoms with Crippen LogP contribution in [0.2, 0.25) is 0 Å². The summed E-state index contributed by atoms with van der Waals surface area (Å²) in [7, 11) is 0. The zero-order valence-electron chi connectivity index (χ0n) is 10.6.